The molecule has 1 N–H and O–H groups in total. The highest BCUT2D eigenvalue weighted by molar-refractivity contribution is 5.66. The number of carboxylic acid groups (broad SMARTS) is 1. The van der Waals surface area contributed by atoms with Crippen molar-refractivity contribution in [1.29, 1.82) is 0 Å². The molecular formula is C11H13NO5. The van der Waals surface area contributed by atoms with E-state index in [1.807, 2.05) is 0 Å². The van der Waals surface area contributed by atoms with Crippen LogP contribution in [0.4, 0.5) is 5.69 Å². The minimum absolute atomic E-state index is 0.0143. The third kappa shape index (κ3) is 4.10. The number of nitrogens with zero attached hydrogens (tertiary/aromatic N) is 1. The van der Waals surface area contributed by atoms with Crippen LogP contribution < -0.4 is 4.74 Å². The number of hydrogen-bond acceptors (Lipinski definition) is 4. The highest BCUT2D eigenvalue weighted by atomic mass is 16.6. The van der Waals surface area contributed by atoms with Crippen LogP contribution in [0.3, 0.4) is 0 Å². The normalized spacial score (nSPS) is 9.94. The Labute approximate surface area is 98.0 Å². The lowest BCUT2D eigenvalue weighted by Crippen LogP contribution is -2.03. The van der Waals surface area contributed by atoms with Gasteiger partial charge < -0.3 is 9.84 Å². The van der Waals surface area contributed by atoms with Crippen LogP contribution in [0.15, 0.2) is 18.2 Å². The Morgan fingerprint density at radius 3 is 2.82 bits per heavy atom. The summed E-state index contributed by atoms with van der Waals surface area (Å²) in [5.41, 5.74) is 0.745. The first-order valence-corrected chi connectivity index (χ1v) is 5.10. The Morgan fingerprint density at radius 1 is 1.53 bits per heavy atom. The van der Waals surface area contributed by atoms with Crippen LogP contribution >= 0.6 is 0 Å². The zero-order chi connectivity index (χ0) is 12.8. The summed E-state index contributed by atoms with van der Waals surface area (Å²) in [5, 5.41) is 19.1. The molecule has 0 fully saturated rings. The molecule has 1 aromatic carbocycles. The monoisotopic (exact) mass is 239 g/mol. The van der Waals surface area contributed by atoms with Crippen molar-refractivity contribution >= 4 is 11.7 Å². The van der Waals surface area contributed by atoms with E-state index >= 15 is 0 Å². The molecule has 6 heteroatoms. The van der Waals surface area contributed by atoms with Crippen molar-refractivity contribution in [3.63, 3.8) is 0 Å². The van der Waals surface area contributed by atoms with Gasteiger partial charge in [-0.2, -0.15) is 0 Å². The topological polar surface area (TPSA) is 89.7 Å². The van der Waals surface area contributed by atoms with Crippen LogP contribution in [-0.4, -0.2) is 22.6 Å². The molecule has 0 aliphatic carbocycles. The molecule has 92 valence electrons. The van der Waals surface area contributed by atoms with Gasteiger partial charge in [-0.1, -0.05) is 6.07 Å². The summed E-state index contributed by atoms with van der Waals surface area (Å²) >= 11 is 0. The predicted molar refractivity (Wildman–Crippen MR) is 60.2 cm³/mol. The molecule has 17 heavy (non-hydrogen) atoms. The fraction of sp³-hybridized carbons (Fsp3) is 0.364. The first-order chi connectivity index (χ1) is 8.00. The van der Waals surface area contributed by atoms with E-state index in [9.17, 15) is 14.9 Å². The number of carboxylic acids is 1. The molecule has 0 spiro atoms. The van der Waals surface area contributed by atoms with Gasteiger partial charge in [0.1, 0.15) is 0 Å². The Hall–Kier alpha value is -2.11. The van der Waals surface area contributed by atoms with Gasteiger partial charge in [-0.25, -0.2) is 0 Å². The zero-order valence-corrected chi connectivity index (χ0v) is 9.38. The summed E-state index contributed by atoms with van der Waals surface area (Å²) in [6, 6.07) is 4.57. The SMILES string of the molecule is Cc1ccc([N+](=O)[O-])c(OCCCC(=O)O)c1. The number of carbonyl (C=O) groups is 1. The molecule has 0 unspecified atom stereocenters. The van der Waals surface area contributed by atoms with E-state index in [1.165, 1.54) is 6.07 Å². The molecule has 0 atom stereocenters. The number of hydrogen-bond donors (Lipinski definition) is 1. The van der Waals surface area contributed by atoms with Crippen molar-refractivity contribution in [2.75, 3.05) is 6.61 Å². The molecule has 0 saturated carbocycles. The molecule has 6 nitrogen and oxygen atoms in total. The molecule has 0 radical (unpaired) electrons. The Balaban J connectivity index is 2.65. The molecule has 0 heterocycles. The number of nitro groups is 1. The second kappa shape index (κ2) is 5.83. The summed E-state index contributed by atoms with van der Waals surface area (Å²) in [4.78, 5) is 20.5. The molecule has 0 aliphatic heterocycles. The number of nitro benzene ring substituents is 1. The van der Waals surface area contributed by atoms with Gasteiger partial charge >= 0.3 is 11.7 Å². The fourth-order valence-electron chi connectivity index (χ4n) is 1.29. The summed E-state index contributed by atoms with van der Waals surface area (Å²) in [6.07, 6.45) is 0.306. The van der Waals surface area contributed by atoms with Crippen LogP contribution in [0, 0.1) is 17.0 Å². The quantitative estimate of drug-likeness (QED) is 0.466. The van der Waals surface area contributed by atoms with Crippen LogP contribution in [-0.2, 0) is 4.79 Å². The van der Waals surface area contributed by atoms with Crippen molar-refractivity contribution in [3.8, 4) is 5.75 Å². The summed E-state index contributed by atoms with van der Waals surface area (Å²) in [5.74, 6) is -0.729. The van der Waals surface area contributed by atoms with Gasteiger partial charge in [0.2, 0.25) is 0 Å². The van der Waals surface area contributed by atoms with Crippen LogP contribution in [0.2, 0.25) is 0 Å². The molecule has 0 amide bonds. The standard InChI is InChI=1S/C11H13NO5/c1-8-4-5-9(12(15)16)10(7-8)17-6-2-3-11(13)14/h4-5,7H,2-3,6H2,1H3,(H,13,14). The maximum atomic E-state index is 10.7. The third-order valence-electron chi connectivity index (χ3n) is 2.10. The first-order valence-electron chi connectivity index (χ1n) is 5.10. The molecular weight excluding hydrogens is 226 g/mol. The molecule has 1 aromatic rings. The van der Waals surface area contributed by atoms with E-state index in [0.717, 1.165) is 5.56 Å². The summed E-state index contributed by atoms with van der Waals surface area (Å²) in [6.45, 7) is 1.95. The second-order valence-electron chi connectivity index (χ2n) is 3.57. The van der Waals surface area contributed by atoms with E-state index in [0.29, 0.717) is 6.42 Å². The minimum Gasteiger partial charge on any atom is -0.487 e. The van der Waals surface area contributed by atoms with Gasteiger partial charge in [0, 0.05) is 12.5 Å². The fourth-order valence-corrected chi connectivity index (χ4v) is 1.29. The van der Waals surface area contributed by atoms with Crippen LogP contribution in [0.25, 0.3) is 0 Å². The number of ether oxygens (including phenoxy) is 1. The Bertz CT molecular complexity index is 430. The van der Waals surface area contributed by atoms with Gasteiger partial charge in [-0.15, -0.1) is 0 Å². The van der Waals surface area contributed by atoms with E-state index in [1.54, 1.807) is 19.1 Å². The lowest BCUT2D eigenvalue weighted by Gasteiger charge is -2.06. The number of benzene rings is 1. The number of rotatable bonds is 6. The van der Waals surface area contributed by atoms with Crippen molar-refractivity contribution in [1.82, 2.24) is 0 Å². The first kappa shape index (κ1) is 13.0. The van der Waals surface area contributed by atoms with E-state index in [-0.39, 0.29) is 24.5 Å². The smallest absolute Gasteiger partial charge is 0.310 e. The second-order valence-corrected chi connectivity index (χ2v) is 3.57. The van der Waals surface area contributed by atoms with Gasteiger partial charge in [0.15, 0.2) is 5.75 Å². The molecule has 0 bridgehead atoms. The highest BCUT2D eigenvalue weighted by Gasteiger charge is 2.14. The van der Waals surface area contributed by atoms with Crippen molar-refractivity contribution < 1.29 is 19.6 Å². The van der Waals surface area contributed by atoms with Crippen molar-refractivity contribution in [2.24, 2.45) is 0 Å². The molecule has 0 saturated heterocycles. The largest absolute Gasteiger partial charge is 0.487 e. The molecule has 1 rings (SSSR count). The van der Waals surface area contributed by atoms with Gasteiger partial charge in [-0.3, -0.25) is 14.9 Å². The maximum absolute atomic E-state index is 10.7. The third-order valence-corrected chi connectivity index (χ3v) is 2.10. The summed E-state index contributed by atoms with van der Waals surface area (Å²) in [7, 11) is 0. The highest BCUT2D eigenvalue weighted by Crippen LogP contribution is 2.27. The van der Waals surface area contributed by atoms with Crippen molar-refractivity contribution in [3.05, 3.63) is 33.9 Å². The van der Waals surface area contributed by atoms with Crippen LogP contribution in [0.1, 0.15) is 18.4 Å². The minimum atomic E-state index is -0.910. The average molecular weight is 239 g/mol. The van der Waals surface area contributed by atoms with Gasteiger partial charge in [0.25, 0.3) is 0 Å². The Morgan fingerprint density at radius 2 is 2.24 bits per heavy atom. The van der Waals surface area contributed by atoms with Crippen molar-refractivity contribution in [2.45, 2.75) is 19.8 Å². The molecule has 0 aliphatic rings. The van der Waals surface area contributed by atoms with Crippen LogP contribution in [0.5, 0.6) is 5.75 Å². The Kier molecular flexibility index (Phi) is 4.45. The van der Waals surface area contributed by atoms with E-state index < -0.39 is 10.9 Å². The van der Waals surface area contributed by atoms with E-state index in [2.05, 4.69) is 0 Å². The molecule has 0 aromatic heterocycles. The average Bonchev–Trinajstić information content (AvgIpc) is 2.23. The maximum Gasteiger partial charge on any atom is 0.310 e. The zero-order valence-electron chi connectivity index (χ0n) is 9.38. The lowest BCUT2D eigenvalue weighted by atomic mass is 10.2. The number of aryl methyl sites for hydroxylation is 1. The number of aliphatic carboxylic acids is 1. The van der Waals surface area contributed by atoms with Gasteiger partial charge in [-0.05, 0) is 25.0 Å². The van der Waals surface area contributed by atoms with Gasteiger partial charge in [0.05, 0.1) is 11.5 Å². The predicted octanol–water partition coefficient (Wildman–Crippen LogP) is 2.15. The van der Waals surface area contributed by atoms with E-state index in [4.69, 9.17) is 9.84 Å². The lowest BCUT2D eigenvalue weighted by molar-refractivity contribution is -0.385. The summed E-state index contributed by atoms with van der Waals surface area (Å²) < 4.78 is 5.22.